The standard InChI is InChI=1S/C14H22INO/c1-2-3-4-5-6-7-10-17-14-9-8-12(15)11-13(14)16/h8-9,11H,2-7,10,16H2,1H3. The molecule has 0 heterocycles. The number of ether oxygens (including phenoxy) is 1. The van der Waals surface area contributed by atoms with E-state index in [1.807, 2.05) is 18.2 Å². The van der Waals surface area contributed by atoms with E-state index in [-0.39, 0.29) is 0 Å². The third-order valence-electron chi connectivity index (χ3n) is 2.73. The second-order valence-electron chi connectivity index (χ2n) is 4.30. The molecule has 0 spiro atoms. The van der Waals surface area contributed by atoms with Crippen molar-refractivity contribution in [3.8, 4) is 5.75 Å². The molecule has 1 aromatic carbocycles. The highest BCUT2D eigenvalue weighted by Crippen LogP contribution is 2.23. The number of benzene rings is 1. The van der Waals surface area contributed by atoms with Gasteiger partial charge in [-0.1, -0.05) is 39.0 Å². The maximum Gasteiger partial charge on any atom is 0.142 e. The summed E-state index contributed by atoms with van der Waals surface area (Å²) in [6, 6.07) is 5.92. The second kappa shape index (κ2) is 8.61. The molecule has 3 heteroatoms. The lowest BCUT2D eigenvalue weighted by Crippen LogP contribution is -2.00. The third-order valence-corrected chi connectivity index (χ3v) is 3.40. The Morgan fingerprint density at radius 3 is 2.53 bits per heavy atom. The first kappa shape index (κ1) is 14.6. The highest BCUT2D eigenvalue weighted by atomic mass is 127. The van der Waals surface area contributed by atoms with Crippen LogP contribution < -0.4 is 10.5 Å². The quantitative estimate of drug-likeness (QED) is 0.423. The van der Waals surface area contributed by atoms with Gasteiger partial charge in [-0.15, -0.1) is 0 Å². The average molecular weight is 347 g/mol. The lowest BCUT2D eigenvalue weighted by Gasteiger charge is -2.08. The second-order valence-corrected chi connectivity index (χ2v) is 5.54. The van der Waals surface area contributed by atoms with Gasteiger partial charge >= 0.3 is 0 Å². The van der Waals surface area contributed by atoms with Crippen LogP contribution in [0.1, 0.15) is 45.4 Å². The summed E-state index contributed by atoms with van der Waals surface area (Å²) >= 11 is 2.25. The normalized spacial score (nSPS) is 10.5. The number of nitrogens with two attached hydrogens (primary N) is 1. The minimum absolute atomic E-state index is 0.739. The van der Waals surface area contributed by atoms with Gasteiger partial charge in [0.15, 0.2) is 0 Å². The minimum atomic E-state index is 0.739. The molecule has 0 fully saturated rings. The first-order valence-electron chi connectivity index (χ1n) is 6.42. The number of hydrogen-bond donors (Lipinski definition) is 1. The fourth-order valence-corrected chi connectivity index (χ4v) is 2.23. The van der Waals surface area contributed by atoms with Crippen LogP contribution in [-0.4, -0.2) is 6.61 Å². The molecule has 0 aliphatic heterocycles. The Labute approximate surface area is 118 Å². The maximum atomic E-state index is 5.87. The molecule has 0 atom stereocenters. The van der Waals surface area contributed by atoms with Gasteiger partial charge in [0.2, 0.25) is 0 Å². The first-order chi connectivity index (χ1) is 8.24. The highest BCUT2D eigenvalue weighted by Gasteiger charge is 2.00. The number of anilines is 1. The van der Waals surface area contributed by atoms with Gasteiger partial charge in [-0.2, -0.15) is 0 Å². The Hall–Kier alpha value is -0.450. The van der Waals surface area contributed by atoms with Crippen LogP contribution in [0.2, 0.25) is 0 Å². The molecule has 2 nitrogen and oxygen atoms in total. The van der Waals surface area contributed by atoms with Gasteiger partial charge in [-0.3, -0.25) is 0 Å². The highest BCUT2D eigenvalue weighted by molar-refractivity contribution is 14.1. The molecule has 0 aliphatic rings. The largest absolute Gasteiger partial charge is 0.491 e. The van der Waals surface area contributed by atoms with Crippen molar-refractivity contribution in [3.05, 3.63) is 21.8 Å². The Morgan fingerprint density at radius 1 is 1.12 bits per heavy atom. The van der Waals surface area contributed by atoms with Crippen molar-refractivity contribution < 1.29 is 4.74 Å². The van der Waals surface area contributed by atoms with Crippen LogP contribution in [0.25, 0.3) is 0 Å². The summed E-state index contributed by atoms with van der Waals surface area (Å²) in [5.41, 5.74) is 6.61. The summed E-state index contributed by atoms with van der Waals surface area (Å²) < 4.78 is 6.82. The predicted octanol–water partition coefficient (Wildman–Crippen LogP) is 4.61. The van der Waals surface area contributed by atoms with Gasteiger partial charge in [-0.05, 0) is 47.2 Å². The van der Waals surface area contributed by atoms with Crippen molar-refractivity contribution in [2.24, 2.45) is 0 Å². The molecule has 1 rings (SSSR count). The molecule has 0 aliphatic carbocycles. The lowest BCUT2D eigenvalue weighted by atomic mass is 10.1. The number of rotatable bonds is 8. The Kier molecular flexibility index (Phi) is 7.40. The van der Waals surface area contributed by atoms with E-state index in [4.69, 9.17) is 10.5 Å². The molecular formula is C14H22INO. The van der Waals surface area contributed by atoms with Crippen LogP contribution >= 0.6 is 22.6 Å². The molecule has 1 aromatic rings. The zero-order valence-corrected chi connectivity index (χ0v) is 12.7. The van der Waals surface area contributed by atoms with Gasteiger partial charge in [0, 0.05) is 3.57 Å². The Morgan fingerprint density at radius 2 is 1.82 bits per heavy atom. The molecule has 2 N–H and O–H groups in total. The molecular weight excluding hydrogens is 325 g/mol. The van der Waals surface area contributed by atoms with Gasteiger partial charge in [0.1, 0.15) is 5.75 Å². The van der Waals surface area contributed by atoms with Crippen molar-refractivity contribution in [3.63, 3.8) is 0 Å². The fraction of sp³-hybridized carbons (Fsp3) is 0.571. The van der Waals surface area contributed by atoms with Crippen molar-refractivity contribution in [1.29, 1.82) is 0 Å². The summed E-state index contributed by atoms with van der Waals surface area (Å²) in [5.74, 6) is 0.818. The van der Waals surface area contributed by atoms with Crippen LogP contribution in [0, 0.1) is 3.57 Å². The number of halogens is 1. The van der Waals surface area contributed by atoms with Crippen LogP contribution in [0.5, 0.6) is 5.75 Å². The average Bonchev–Trinajstić information content (AvgIpc) is 2.30. The van der Waals surface area contributed by atoms with Gasteiger partial charge in [0.05, 0.1) is 12.3 Å². The molecule has 0 unspecified atom stereocenters. The molecule has 0 aromatic heterocycles. The smallest absolute Gasteiger partial charge is 0.142 e. The summed E-state index contributed by atoms with van der Waals surface area (Å²) in [4.78, 5) is 0. The Bertz CT molecular complexity index is 328. The molecule has 0 bridgehead atoms. The van der Waals surface area contributed by atoms with Gasteiger partial charge in [0.25, 0.3) is 0 Å². The number of unbranched alkanes of at least 4 members (excludes halogenated alkanes) is 5. The lowest BCUT2D eigenvalue weighted by molar-refractivity contribution is 0.306. The zero-order valence-electron chi connectivity index (χ0n) is 10.5. The summed E-state index contributed by atoms with van der Waals surface area (Å²) in [7, 11) is 0. The van der Waals surface area contributed by atoms with E-state index >= 15 is 0 Å². The maximum absolute atomic E-state index is 5.87. The van der Waals surface area contributed by atoms with Crippen molar-refractivity contribution in [2.45, 2.75) is 45.4 Å². The summed E-state index contributed by atoms with van der Waals surface area (Å²) in [6.45, 7) is 3.01. The van der Waals surface area contributed by atoms with E-state index in [0.29, 0.717) is 0 Å². The SMILES string of the molecule is CCCCCCCCOc1ccc(I)cc1N. The predicted molar refractivity (Wildman–Crippen MR) is 82.4 cm³/mol. The van der Waals surface area contributed by atoms with E-state index in [1.54, 1.807) is 0 Å². The number of nitrogen functional groups attached to an aromatic ring is 1. The molecule has 0 saturated heterocycles. The van der Waals surface area contributed by atoms with Crippen molar-refractivity contribution >= 4 is 28.3 Å². The third kappa shape index (κ3) is 6.15. The summed E-state index contributed by atoms with van der Waals surface area (Å²) in [5, 5.41) is 0. The van der Waals surface area contributed by atoms with Crippen molar-refractivity contribution in [2.75, 3.05) is 12.3 Å². The van der Waals surface area contributed by atoms with Crippen LogP contribution in [0.3, 0.4) is 0 Å². The minimum Gasteiger partial charge on any atom is -0.491 e. The van der Waals surface area contributed by atoms with E-state index in [1.165, 1.54) is 32.1 Å². The Balaban J connectivity index is 2.14. The first-order valence-corrected chi connectivity index (χ1v) is 7.49. The zero-order chi connectivity index (χ0) is 12.5. The number of hydrogen-bond acceptors (Lipinski definition) is 2. The van der Waals surface area contributed by atoms with E-state index < -0.39 is 0 Å². The topological polar surface area (TPSA) is 35.2 Å². The molecule has 0 amide bonds. The van der Waals surface area contributed by atoms with E-state index in [2.05, 4.69) is 29.5 Å². The van der Waals surface area contributed by atoms with Crippen molar-refractivity contribution in [1.82, 2.24) is 0 Å². The van der Waals surface area contributed by atoms with Crippen LogP contribution in [0.15, 0.2) is 18.2 Å². The van der Waals surface area contributed by atoms with E-state index in [9.17, 15) is 0 Å². The molecule has 0 saturated carbocycles. The van der Waals surface area contributed by atoms with Gasteiger partial charge in [-0.25, -0.2) is 0 Å². The van der Waals surface area contributed by atoms with Crippen LogP contribution in [0.4, 0.5) is 5.69 Å². The fourth-order valence-electron chi connectivity index (χ4n) is 1.72. The van der Waals surface area contributed by atoms with Gasteiger partial charge < -0.3 is 10.5 Å². The summed E-state index contributed by atoms with van der Waals surface area (Å²) in [6.07, 6.45) is 7.70. The molecule has 96 valence electrons. The molecule has 17 heavy (non-hydrogen) atoms. The van der Waals surface area contributed by atoms with Crippen LogP contribution in [-0.2, 0) is 0 Å². The monoisotopic (exact) mass is 347 g/mol. The molecule has 0 radical (unpaired) electrons. The van der Waals surface area contributed by atoms with E-state index in [0.717, 1.165) is 28.0 Å².